The summed E-state index contributed by atoms with van der Waals surface area (Å²) in [6.45, 7) is 10.1. The van der Waals surface area contributed by atoms with E-state index >= 15 is 0 Å². The van der Waals surface area contributed by atoms with Crippen LogP contribution in [0.15, 0.2) is 24.4 Å². The molecule has 3 rings (SSSR count). The molecular weight excluding hydrogens is 380 g/mol. The molecule has 3 N–H and O–H groups in total. The first kappa shape index (κ1) is 21.6. The third-order valence-electron chi connectivity index (χ3n) is 5.71. The number of aromatic nitrogens is 3. The van der Waals surface area contributed by atoms with E-state index < -0.39 is 11.7 Å². The highest BCUT2D eigenvalue weighted by molar-refractivity contribution is 5.65. The summed E-state index contributed by atoms with van der Waals surface area (Å²) in [6.07, 6.45) is 3.67. The molecule has 2 atom stereocenters. The molecule has 2 heterocycles. The van der Waals surface area contributed by atoms with Gasteiger partial charge in [0.15, 0.2) is 0 Å². The number of nitrogens with one attached hydrogen (secondary N) is 1. The summed E-state index contributed by atoms with van der Waals surface area (Å²) in [5, 5.41) is 17.4. The molecule has 1 fully saturated rings. The number of ether oxygens (including phenoxy) is 1. The zero-order chi connectivity index (χ0) is 22.1. The minimum atomic E-state index is -0.737. The van der Waals surface area contributed by atoms with Crippen molar-refractivity contribution in [3.05, 3.63) is 35.7 Å². The van der Waals surface area contributed by atoms with Crippen LogP contribution in [-0.4, -0.2) is 26.5 Å². The Morgan fingerprint density at radius 1 is 1.30 bits per heavy atom. The number of rotatable bonds is 5. The predicted molar refractivity (Wildman–Crippen MR) is 114 cm³/mol. The Balaban J connectivity index is 1.85. The van der Waals surface area contributed by atoms with Gasteiger partial charge in [-0.25, -0.2) is 14.5 Å². The number of amides is 1. The van der Waals surface area contributed by atoms with Crippen LogP contribution in [0.5, 0.6) is 0 Å². The van der Waals surface area contributed by atoms with Gasteiger partial charge in [-0.1, -0.05) is 0 Å². The van der Waals surface area contributed by atoms with E-state index in [9.17, 15) is 4.79 Å². The Bertz CT molecular complexity index is 967. The van der Waals surface area contributed by atoms with Crippen LogP contribution in [0.1, 0.15) is 71.1 Å². The average Bonchev–Trinajstić information content (AvgIpc) is 3.28. The molecular formula is C22H30N6O2. The molecule has 0 unspecified atom stereocenters. The minimum Gasteiger partial charge on any atom is -0.443 e. The number of carbonyl (C=O) groups is 1. The Morgan fingerprint density at radius 2 is 2.03 bits per heavy atom. The third-order valence-corrected chi connectivity index (χ3v) is 5.71. The highest BCUT2D eigenvalue weighted by Gasteiger charge is 2.40. The fraction of sp³-hybridized carbons (Fsp3) is 0.545. The Labute approximate surface area is 177 Å². The average molecular weight is 411 g/mol. The van der Waals surface area contributed by atoms with Crippen LogP contribution >= 0.6 is 0 Å². The van der Waals surface area contributed by atoms with E-state index in [0.717, 1.165) is 30.8 Å². The molecule has 2 aromatic rings. The van der Waals surface area contributed by atoms with Crippen LogP contribution in [-0.2, 0) is 10.3 Å². The summed E-state index contributed by atoms with van der Waals surface area (Å²) in [5.41, 5.74) is 5.96. The molecule has 1 amide bonds. The van der Waals surface area contributed by atoms with Gasteiger partial charge >= 0.3 is 6.09 Å². The predicted octanol–water partition coefficient (Wildman–Crippen LogP) is 4.41. The van der Waals surface area contributed by atoms with Crippen molar-refractivity contribution in [2.45, 2.75) is 70.9 Å². The van der Waals surface area contributed by atoms with Gasteiger partial charge in [-0.05, 0) is 71.9 Å². The highest BCUT2D eigenvalue weighted by atomic mass is 16.6. The number of carbonyl (C=O) groups excluding carboxylic acids is 1. The second-order valence-corrected chi connectivity index (χ2v) is 9.44. The Hall–Kier alpha value is -3.08. The number of anilines is 2. The molecule has 160 valence electrons. The van der Waals surface area contributed by atoms with Crippen LogP contribution < -0.4 is 11.1 Å². The third kappa shape index (κ3) is 4.73. The maximum Gasteiger partial charge on any atom is 0.405 e. The molecule has 0 spiro atoms. The van der Waals surface area contributed by atoms with Gasteiger partial charge < -0.3 is 15.8 Å². The monoisotopic (exact) mass is 410 g/mol. The van der Waals surface area contributed by atoms with Crippen LogP contribution in [0.2, 0.25) is 0 Å². The van der Waals surface area contributed by atoms with Gasteiger partial charge in [-0.2, -0.15) is 10.4 Å². The SMILES string of the molecule is CC(C)(OC(N)=O)[C@@H]1CC[C@H](c2cc(Nc3cc(C#N)ccn3)n(C(C)(C)C)n2)C1. The second kappa shape index (κ2) is 7.98. The molecule has 0 aliphatic heterocycles. The molecule has 0 radical (unpaired) electrons. The molecule has 0 aromatic carbocycles. The molecule has 8 heteroatoms. The first-order valence-corrected chi connectivity index (χ1v) is 10.2. The Morgan fingerprint density at radius 3 is 2.67 bits per heavy atom. The molecule has 30 heavy (non-hydrogen) atoms. The molecule has 2 aromatic heterocycles. The van der Waals surface area contributed by atoms with Crippen LogP contribution in [0.4, 0.5) is 16.4 Å². The summed E-state index contributed by atoms with van der Waals surface area (Å²) in [4.78, 5) is 15.6. The number of nitrogens with two attached hydrogens (primary N) is 1. The van der Waals surface area contributed by atoms with E-state index in [4.69, 9.17) is 20.8 Å². The van der Waals surface area contributed by atoms with E-state index in [-0.39, 0.29) is 17.4 Å². The van der Waals surface area contributed by atoms with Crippen LogP contribution in [0, 0.1) is 17.2 Å². The van der Waals surface area contributed by atoms with Gasteiger partial charge in [0.1, 0.15) is 17.2 Å². The van der Waals surface area contributed by atoms with Gasteiger partial charge in [0.2, 0.25) is 0 Å². The Kier molecular flexibility index (Phi) is 5.75. The maximum atomic E-state index is 11.3. The fourth-order valence-corrected chi connectivity index (χ4v) is 4.12. The molecule has 1 saturated carbocycles. The number of pyridine rings is 1. The summed E-state index contributed by atoms with van der Waals surface area (Å²) in [7, 11) is 0. The number of hydrogen-bond donors (Lipinski definition) is 2. The molecule has 1 aliphatic carbocycles. The first-order chi connectivity index (χ1) is 14.0. The van der Waals surface area contributed by atoms with E-state index in [1.165, 1.54) is 0 Å². The summed E-state index contributed by atoms with van der Waals surface area (Å²) < 4.78 is 7.32. The largest absolute Gasteiger partial charge is 0.443 e. The lowest BCUT2D eigenvalue weighted by atomic mass is 9.88. The van der Waals surface area contributed by atoms with E-state index in [1.807, 2.05) is 18.5 Å². The van der Waals surface area contributed by atoms with Crippen molar-refractivity contribution in [3.8, 4) is 6.07 Å². The van der Waals surface area contributed by atoms with Gasteiger partial charge in [-0.3, -0.25) is 0 Å². The first-order valence-electron chi connectivity index (χ1n) is 10.2. The van der Waals surface area contributed by atoms with Crippen molar-refractivity contribution in [1.29, 1.82) is 5.26 Å². The van der Waals surface area contributed by atoms with Crippen molar-refractivity contribution in [3.63, 3.8) is 0 Å². The zero-order valence-electron chi connectivity index (χ0n) is 18.3. The standard InChI is InChI=1S/C22H30N6O2/c1-21(2,3)28-19(26-18-10-14(13-23)8-9-25-18)12-17(27-28)15-6-7-16(11-15)22(4,5)30-20(24)29/h8-10,12,15-16H,6-7,11H2,1-5H3,(H2,24,29)(H,25,26)/t15-,16+/m0/s1. The molecule has 8 nitrogen and oxygen atoms in total. The fourth-order valence-electron chi connectivity index (χ4n) is 4.12. The zero-order valence-corrected chi connectivity index (χ0v) is 18.3. The lowest BCUT2D eigenvalue weighted by molar-refractivity contribution is 0.000383. The number of hydrogen-bond acceptors (Lipinski definition) is 6. The van der Waals surface area contributed by atoms with E-state index in [1.54, 1.807) is 18.3 Å². The van der Waals surface area contributed by atoms with Crippen molar-refractivity contribution in [2.24, 2.45) is 11.7 Å². The van der Waals surface area contributed by atoms with Crippen LogP contribution in [0.25, 0.3) is 0 Å². The summed E-state index contributed by atoms with van der Waals surface area (Å²) >= 11 is 0. The smallest absolute Gasteiger partial charge is 0.405 e. The molecule has 0 bridgehead atoms. The van der Waals surface area contributed by atoms with E-state index in [0.29, 0.717) is 11.4 Å². The van der Waals surface area contributed by atoms with Crippen molar-refractivity contribution >= 4 is 17.7 Å². The number of primary amides is 1. The lowest BCUT2D eigenvalue weighted by Crippen LogP contribution is -2.37. The molecule has 0 saturated heterocycles. The quantitative estimate of drug-likeness (QED) is 0.754. The van der Waals surface area contributed by atoms with Gasteiger partial charge in [0, 0.05) is 18.2 Å². The minimum absolute atomic E-state index is 0.222. The summed E-state index contributed by atoms with van der Waals surface area (Å²) in [6, 6.07) is 7.58. The van der Waals surface area contributed by atoms with Gasteiger partial charge in [-0.15, -0.1) is 0 Å². The molecule has 1 aliphatic rings. The maximum absolute atomic E-state index is 11.3. The van der Waals surface area contributed by atoms with Gasteiger partial charge in [0.05, 0.1) is 22.9 Å². The van der Waals surface area contributed by atoms with Crippen LogP contribution in [0.3, 0.4) is 0 Å². The normalized spacial score (nSPS) is 19.3. The lowest BCUT2D eigenvalue weighted by Gasteiger charge is -2.30. The van der Waals surface area contributed by atoms with Crippen molar-refractivity contribution in [2.75, 3.05) is 5.32 Å². The topological polar surface area (TPSA) is 119 Å². The number of nitriles is 1. The van der Waals surface area contributed by atoms with E-state index in [2.05, 4.69) is 43.2 Å². The second-order valence-electron chi connectivity index (χ2n) is 9.44. The van der Waals surface area contributed by atoms with Gasteiger partial charge in [0.25, 0.3) is 0 Å². The summed E-state index contributed by atoms with van der Waals surface area (Å²) in [5.74, 6) is 1.93. The van der Waals surface area contributed by atoms with Crippen molar-refractivity contribution in [1.82, 2.24) is 14.8 Å². The van der Waals surface area contributed by atoms with Crippen molar-refractivity contribution < 1.29 is 9.53 Å². The highest BCUT2D eigenvalue weighted by Crippen LogP contribution is 2.44. The number of nitrogens with zero attached hydrogens (tertiary/aromatic N) is 4.